The number of hydrogen-bond donors (Lipinski definition) is 0. The van der Waals surface area contributed by atoms with Gasteiger partial charge in [0.2, 0.25) is 0 Å². The van der Waals surface area contributed by atoms with Crippen molar-refractivity contribution >= 4 is 5.82 Å². The zero-order valence-corrected chi connectivity index (χ0v) is 14.0. The van der Waals surface area contributed by atoms with Crippen LogP contribution < -0.4 is 4.90 Å². The number of anilines is 1. The normalized spacial score (nSPS) is 27.9. The molecule has 0 aromatic carbocycles. The van der Waals surface area contributed by atoms with E-state index in [-0.39, 0.29) is 0 Å². The Morgan fingerprint density at radius 2 is 1.67 bits per heavy atom. The lowest BCUT2D eigenvalue weighted by Crippen LogP contribution is -2.35. The highest BCUT2D eigenvalue weighted by atomic mass is 15.3. The van der Waals surface area contributed by atoms with E-state index in [0.717, 1.165) is 42.6 Å². The van der Waals surface area contributed by atoms with Crippen LogP contribution in [0.3, 0.4) is 0 Å². The summed E-state index contributed by atoms with van der Waals surface area (Å²) >= 11 is 0. The second-order valence-corrected chi connectivity index (χ2v) is 7.50. The van der Waals surface area contributed by atoms with Crippen molar-refractivity contribution in [3.05, 3.63) is 30.9 Å². The molecule has 6 heteroatoms. The van der Waals surface area contributed by atoms with Gasteiger partial charge in [0, 0.05) is 50.7 Å². The van der Waals surface area contributed by atoms with Crippen molar-refractivity contribution in [2.75, 3.05) is 31.1 Å². The number of hydrogen-bond acceptors (Lipinski definition) is 5. The third kappa shape index (κ3) is 2.49. The first-order valence-electron chi connectivity index (χ1n) is 9.18. The van der Waals surface area contributed by atoms with Crippen molar-refractivity contribution in [2.24, 2.45) is 11.8 Å². The van der Waals surface area contributed by atoms with E-state index in [2.05, 4.69) is 30.9 Å². The SMILES string of the molecule is c1cnn(-c2cc(N3CC4CN(C5CCCC5)CC4C3)ncn2)c1. The Hall–Kier alpha value is -1.95. The highest BCUT2D eigenvalue weighted by Crippen LogP contribution is 2.37. The van der Waals surface area contributed by atoms with Gasteiger partial charge in [0.05, 0.1) is 0 Å². The molecule has 6 nitrogen and oxygen atoms in total. The van der Waals surface area contributed by atoms with Crippen LogP contribution in [0.1, 0.15) is 25.7 Å². The minimum Gasteiger partial charge on any atom is -0.356 e. The molecule has 5 rings (SSSR count). The van der Waals surface area contributed by atoms with Gasteiger partial charge in [-0.1, -0.05) is 12.8 Å². The Labute approximate surface area is 142 Å². The molecule has 1 saturated carbocycles. The molecule has 3 fully saturated rings. The average Bonchev–Trinajstić information content (AvgIpc) is 3.37. The lowest BCUT2D eigenvalue weighted by Gasteiger charge is -2.26. The van der Waals surface area contributed by atoms with Gasteiger partial charge in [-0.05, 0) is 30.7 Å². The first kappa shape index (κ1) is 14.4. The second-order valence-electron chi connectivity index (χ2n) is 7.50. The van der Waals surface area contributed by atoms with Crippen LogP contribution >= 0.6 is 0 Å². The molecule has 3 aliphatic rings. The highest BCUT2D eigenvalue weighted by Gasteiger charge is 2.42. The summed E-state index contributed by atoms with van der Waals surface area (Å²) < 4.78 is 1.80. The Morgan fingerprint density at radius 1 is 0.917 bits per heavy atom. The fourth-order valence-electron chi connectivity index (χ4n) is 4.82. The lowest BCUT2D eigenvalue weighted by molar-refractivity contribution is 0.231. The summed E-state index contributed by atoms with van der Waals surface area (Å²) in [6.07, 6.45) is 11.1. The van der Waals surface area contributed by atoms with Crippen LogP contribution in [0.15, 0.2) is 30.9 Å². The summed E-state index contributed by atoms with van der Waals surface area (Å²) in [4.78, 5) is 14.1. The molecule has 2 unspecified atom stereocenters. The second kappa shape index (κ2) is 5.84. The molecule has 2 saturated heterocycles. The molecule has 1 aliphatic carbocycles. The van der Waals surface area contributed by atoms with E-state index in [0.29, 0.717) is 0 Å². The van der Waals surface area contributed by atoms with E-state index in [4.69, 9.17) is 0 Å². The molecule has 0 bridgehead atoms. The van der Waals surface area contributed by atoms with Gasteiger partial charge in [-0.15, -0.1) is 0 Å². The van der Waals surface area contributed by atoms with Crippen molar-refractivity contribution in [2.45, 2.75) is 31.7 Å². The topological polar surface area (TPSA) is 50.1 Å². The Morgan fingerprint density at radius 3 is 2.38 bits per heavy atom. The predicted octanol–water partition coefficient (Wildman–Crippen LogP) is 1.97. The summed E-state index contributed by atoms with van der Waals surface area (Å²) in [7, 11) is 0. The maximum absolute atomic E-state index is 4.52. The third-order valence-electron chi connectivity index (χ3n) is 6.06. The molecule has 2 aromatic rings. The fourth-order valence-corrected chi connectivity index (χ4v) is 4.82. The van der Waals surface area contributed by atoms with Crippen molar-refractivity contribution < 1.29 is 0 Å². The van der Waals surface area contributed by atoms with E-state index in [1.54, 1.807) is 17.2 Å². The predicted molar refractivity (Wildman–Crippen MR) is 92.2 cm³/mol. The van der Waals surface area contributed by atoms with Crippen LogP contribution in [0.4, 0.5) is 5.82 Å². The van der Waals surface area contributed by atoms with E-state index in [1.165, 1.54) is 38.8 Å². The molecule has 0 N–H and O–H groups in total. The van der Waals surface area contributed by atoms with Gasteiger partial charge >= 0.3 is 0 Å². The monoisotopic (exact) mass is 324 g/mol. The molecule has 2 atom stereocenters. The van der Waals surface area contributed by atoms with Crippen LogP contribution in [0, 0.1) is 11.8 Å². The smallest absolute Gasteiger partial charge is 0.158 e. The standard InChI is InChI=1S/C18H24N6/c1-2-5-16(4-1)22-9-14-11-23(12-15(14)10-22)17-8-18(20-13-19-17)24-7-3-6-21-24/h3,6-8,13-16H,1-2,4-5,9-12H2. The van der Waals surface area contributed by atoms with E-state index < -0.39 is 0 Å². The van der Waals surface area contributed by atoms with Crippen molar-refractivity contribution in [1.82, 2.24) is 24.6 Å². The number of rotatable bonds is 3. The fraction of sp³-hybridized carbons (Fsp3) is 0.611. The molecule has 0 amide bonds. The van der Waals surface area contributed by atoms with Crippen molar-refractivity contribution in [3.8, 4) is 5.82 Å². The van der Waals surface area contributed by atoms with Crippen molar-refractivity contribution in [1.29, 1.82) is 0 Å². The molecular formula is C18H24N6. The van der Waals surface area contributed by atoms with Crippen LogP contribution in [-0.4, -0.2) is 56.9 Å². The maximum atomic E-state index is 4.52. The zero-order chi connectivity index (χ0) is 15.9. The average molecular weight is 324 g/mol. The number of fused-ring (bicyclic) bond motifs is 1. The molecule has 0 spiro atoms. The van der Waals surface area contributed by atoms with Gasteiger partial charge in [0.15, 0.2) is 5.82 Å². The van der Waals surface area contributed by atoms with Crippen LogP contribution in [0.2, 0.25) is 0 Å². The first-order valence-corrected chi connectivity index (χ1v) is 9.18. The molecule has 24 heavy (non-hydrogen) atoms. The van der Waals surface area contributed by atoms with Gasteiger partial charge in [-0.2, -0.15) is 5.10 Å². The van der Waals surface area contributed by atoms with Gasteiger partial charge in [0.1, 0.15) is 12.1 Å². The van der Waals surface area contributed by atoms with Crippen LogP contribution in [-0.2, 0) is 0 Å². The summed E-state index contributed by atoms with van der Waals surface area (Å²) in [5, 5.41) is 4.27. The number of likely N-dealkylation sites (tertiary alicyclic amines) is 1. The summed E-state index contributed by atoms with van der Waals surface area (Å²) in [6, 6.07) is 4.84. The summed E-state index contributed by atoms with van der Waals surface area (Å²) in [6.45, 7) is 4.82. The van der Waals surface area contributed by atoms with Gasteiger partial charge in [0.25, 0.3) is 0 Å². The summed E-state index contributed by atoms with van der Waals surface area (Å²) in [5.41, 5.74) is 0. The molecule has 0 radical (unpaired) electrons. The van der Waals surface area contributed by atoms with Crippen LogP contribution in [0.5, 0.6) is 0 Å². The van der Waals surface area contributed by atoms with Gasteiger partial charge in [-0.3, -0.25) is 4.90 Å². The molecule has 2 aliphatic heterocycles. The maximum Gasteiger partial charge on any atom is 0.158 e. The Kier molecular flexibility index (Phi) is 3.51. The zero-order valence-electron chi connectivity index (χ0n) is 14.0. The third-order valence-corrected chi connectivity index (χ3v) is 6.06. The molecule has 2 aromatic heterocycles. The van der Waals surface area contributed by atoms with E-state index in [1.807, 2.05) is 12.3 Å². The first-order chi connectivity index (χ1) is 11.9. The highest BCUT2D eigenvalue weighted by molar-refractivity contribution is 5.44. The Bertz CT molecular complexity index is 679. The minimum absolute atomic E-state index is 0.800. The summed E-state index contributed by atoms with van der Waals surface area (Å²) in [5.74, 6) is 3.48. The van der Waals surface area contributed by atoms with Crippen LogP contribution in [0.25, 0.3) is 5.82 Å². The largest absolute Gasteiger partial charge is 0.356 e. The lowest BCUT2D eigenvalue weighted by atomic mass is 10.0. The van der Waals surface area contributed by atoms with Crippen molar-refractivity contribution in [3.63, 3.8) is 0 Å². The van der Waals surface area contributed by atoms with Gasteiger partial charge in [-0.25, -0.2) is 14.6 Å². The minimum atomic E-state index is 0.800. The Balaban J connectivity index is 1.28. The quantitative estimate of drug-likeness (QED) is 0.864. The van der Waals surface area contributed by atoms with E-state index in [9.17, 15) is 0 Å². The molecular weight excluding hydrogens is 300 g/mol. The number of aromatic nitrogens is 4. The van der Waals surface area contributed by atoms with Gasteiger partial charge < -0.3 is 4.90 Å². The number of nitrogens with zero attached hydrogens (tertiary/aromatic N) is 6. The molecule has 4 heterocycles. The van der Waals surface area contributed by atoms with E-state index >= 15 is 0 Å². The molecule has 126 valence electrons.